The highest BCUT2D eigenvalue weighted by Crippen LogP contribution is 2.19. The zero-order chi connectivity index (χ0) is 18.8. The molecule has 0 aromatic heterocycles. The summed E-state index contributed by atoms with van der Waals surface area (Å²) in [6.45, 7) is 9.06. The molecule has 0 bridgehead atoms. The first kappa shape index (κ1) is 19.4. The molecule has 2 aromatic carbocycles. The number of hydrogen-bond acceptors (Lipinski definition) is 4. The maximum atomic E-state index is 12.1. The van der Waals surface area contributed by atoms with Crippen molar-refractivity contribution in [2.75, 3.05) is 30.4 Å². The van der Waals surface area contributed by atoms with Gasteiger partial charge in [0, 0.05) is 23.5 Å². The molecule has 5 nitrogen and oxygen atoms in total. The van der Waals surface area contributed by atoms with Gasteiger partial charge in [-0.15, -0.1) is 0 Å². The van der Waals surface area contributed by atoms with Crippen molar-refractivity contribution in [2.45, 2.75) is 13.8 Å². The second-order valence-electron chi connectivity index (χ2n) is 6.26. The van der Waals surface area contributed by atoms with Gasteiger partial charge >= 0.3 is 0 Å². The summed E-state index contributed by atoms with van der Waals surface area (Å²) in [4.78, 5) is 12.1. The van der Waals surface area contributed by atoms with E-state index in [2.05, 4.69) is 31.1 Å². The maximum Gasteiger partial charge on any atom is 0.243 e. The van der Waals surface area contributed by atoms with Crippen molar-refractivity contribution in [3.05, 3.63) is 61.2 Å². The molecule has 2 aromatic rings. The van der Waals surface area contributed by atoms with Gasteiger partial charge in [0.2, 0.25) is 5.91 Å². The number of anilines is 2. The minimum Gasteiger partial charge on any atom is -0.493 e. The molecule has 0 aliphatic rings. The summed E-state index contributed by atoms with van der Waals surface area (Å²) < 4.78 is 11.2. The molecule has 0 saturated carbocycles. The van der Waals surface area contributed by atoms with Crippen molar-refractivity contribution in [1.29, 1.82) is 0 Å². The van der Waals surface area contributed by atoms with Gasteiger partial charge < -0.3 is 20.1 Å². The van der Waals surface area contributed by atoms with Crippen LogP contribution >= 0.6 is 0 Å². The average molecular weight is 354 g/mol. The van der Waals surface area contributed by atoms with Crippen molar-refractivity contribution >= 4 is 17.3 Å². The van der Waals surface area contributed by atoms with Crippen LogP contribution in [-0.4, -0.2) is 25.7 Å². The molecule has 0 heterocycles. The quantitative estimate of drug-likeness (QED) is 0.623. The van der Waals surface area contributed by atoms with Gasteiger partial charge in [0.15, 0.2) is 0 Å². The predicted octanol–water partition coefficient (Wildman–Crippen LogP) is 4.34. The Balaban J connectivity index is 1.85. The molecule has 0 radical (unpaired) electrons. The van der Waals surface area contributed by atoms with Crippen LogP contribution in [0.5, 0.6) is 11.5 Å². The number of carbonyl (C=O) groups excluding carboxylic acids is 1. The number of rotatable bonds is 10. The summed E-state index contributed by atoms with van der Waals surface area (Å²) in [5.74, 6) is 1.80. The van der Waals surface area contributed by atoms with Crippen molar-refractivity contribution < 1.29 is 14.3 Å². The summed E-state index contributed by atoms with van der Waals surface area (Å²) in [7, 11) is 0. The van der Waals surface area contributed by atoms with Gasteiger partial charge in [-0.2, -0.15) is 0 Å². The van der Waals surface area contributed by atoms with Crippen LogP contribution in [0, 0.1) is 5.92 Å². The topological polar surface area (TPSA) is 59.6 Å². The van der Waals surface area contributed by atoms with Crippen LogP contribution in [0.15, 0.2) is 61.2 Å². The van der Waals surface area contributed by atoms with E-state index in [4.69, 9.17) is 9.47 Å². The van der Waals surface area contributed by atoms with Gasteiger partial charge in [-0.05, 0) is 30.2 Å². The molecule has 0 aliphatic carbocycles. The molecule has 0 unspecified atom stereocenters. The second-order valence-corrected chi connectivity index (χ2v) is 6.26. The zero-order valence-corrected chi connectivity index (χ0v) is 15.3. The van der Waals surface area contributed by atoms with E-state index >= 15 is 0 Å². The normalized spacial score (nSPS) is 10.3. The summed E-state index contributed by atoms with van der Waals surface area (Å²) >= 11 is 0. The van der Waals surface area contributed by atoms with E-state index < -0.39 is 0 Å². The van der Waals surface area contributed by atoms with E-state index in [0.717, 1.165) is 11.4 Å². The van der Waals surface area contributed by atoms with E-state index in [9.17, 15) is 4.79 Å². The number of nitrogens with one attached hydrogen (secondary N) is 2. The lowest BCUT2D eigenvalue weighted by atomic mass is 10.2. The van der Waals surface area contributed by atoms with Gasteiger partial charge in [0.25, 0.3) is 0 Å². The van der Waals surface area contributed by atoms with E-state index in [1.165, 1.54) is 0 Å². The monoisotopic (exact) mass is 354 g/mol. The molecule has 0 spiro atoms. The summed E-state index contributed by atoms with van der Waals surface area (Å²) in [6, 6.07) is 14.9. The maximum absolute atomic E-state index is 12.1. The third kappa shape index (κ3) is 6.89. The Bertz CT molecular complexity index is 729. The van der Waals surface area contributed by atoms with Gasteiger partial charge in [-0.25, -0.2) is 0 Å². The molecule has 0 fully saturated rings. The minimum atomic E-state index is -0.139. The van der Waals surface area contributed by atoms with Crippen LogP contribution in [-0.2, 0) is 4.79 Å². The van der Waals surface area contributed by atoms with Gasteiger partial charge in [0.1, 0.15) is 18.1 Å². The van der Waals surface area contributed by atoms with Gasteiger partial charge in [-0.1, -0.05) is 38.6 Å². The number of hydrogen-bond donors (Lipinski definition) is 2. The van der Waals surface area contributed by atoms with Crippen molar-refractivity contribution in [1.82, 2.24) is 0 Å². The molecule has 2 N–H and O–H groups in total. The fourth-order valence-corrected chi connectivity index (χ4v) is 2.17. The van der Waals surface area contributed by atoms with Crippen LogP contribution < -0.4 is 20.1 Å². The van der Waals surface area contributed by atoms with Crippen LogP contribution in [0.4, 0.5) is 11.4 Å². The molecule has 26 heavy (non-hydrogen) atoms. The smallest absolute Gasteiger partial charge is 0.243 e. The molecule has 0 aliphatic heterocycles. The molecule has 0 saturated heterocycles. The second kappa shape index (κ2) is 10.1. The van der Waals surface area contributed by atoms with Gasteiger partial charge in [0.05, 0.1) is 13.2 Å². The Kier molecular flexibility index (Phi) is 7.55. The third-order valence-electron chi connectivity index (χ3n) is 3.36. The molecule has 2 rings (SSSR count). The molecule has 0 atom stereocenters. The Labute approximate surface area is 155 Å². The highest BCUT2D eigenvalue weighted by atomic mass is 16.5. The molecular formula is C21H26N2O3. The fraction of sp³-hybridized carbons (Fsp3) is 0.286. The molecular weight excluding hydrogens is 328 g/mol. The van der Waals surface area contributed by atoms with Crippen molar-refractivity contribution in [2.24, 2.45) is 5.92 Å². The first-order valence-electron chi connectivity index (χ1n) is 8.67. The summed E-state index contributed by atoms with van der Waals surface area (Å²) in [5, 5.41) is 5.95. The van der Waals surface area contributed by atoms with Crippen LogP contribution in [0.2, 0.25) is 0 Å². The van der Waals surface area contributed by atoms with Crippen LogP contribution in [0.3, 0.4) is 0 Å². The summed E-state index contributed by atoms with van der Waals surface area (Å²) in [6.07, 6.45) is 1.67. The summed E-state index contributed by atoms with van der Waals surface area (Å²) in [5.41, 5.74) is 1.52. The lowest BCUT2D eigenvalue weighted by Crippen LogP contribution is -2.21. The minimum absolute atomic E-state index is 0.139. The molecule has 5 heteroatoms. The van der Waals surface area contributed by atoms with E-state index in [1.54, 1.807) is 12.1 Å². The lowest BCUT2D eigenvalue weighted by molar-refractivity contribution is -0.114. The fourth-order valence-electron chi connectivity index (χ4n) is 2.17. The molecule has 1 amide bonds. The molecule has 138 valence electrons. The Hall–Kier alpha value is -2.95. The highest BCUT2D eigenvalue weighted by molar-refractivity contribution is 5.93. The van der Waals surface area contributed by atoms with Crippen LogP contribution in [0.25, 0.3) is 0 Å². The Morgan fingerprint density at radius 1 is 1.08 bits per heavy atom. The van der Waals surface area contributed by atoms with Gasteiger partial charge in [-0.3, -0.25) is 4.79 Å². The van der Waals surface area contributed by atoms with Crippen LogP contribution in [0.1, 0.15) is 13.8 Å². The number of benzene rings is 2. The predicted molar refractivity (Wildman–Crippen MR) is 106 cm³/mol. The number of amides is 1. The largest absolute Gasteiger partial charge is 0.493 e. The number of ether oxygens (including phenoxy) is 2. The highest BCUT2D eigenvalue weighted by Gasteiger charge is 2.05. The van der Waals surface area contributed by atoms with E-state index in [-0.39, 0.29) is 12.5 Å². The van der Waals surface area contributed by atoms with Crippen molar-refractivity contribution in [3.63, 3.8) is 0 Å². The van der Waals surface area contributed by atoms with E-state index in [1.807, 2.05) is 42.5 Å². The Morgan fingerprint density at radius 3 is 2.42 bits per heavy atom. The standard InChI is InChI=1S/C21H26N2O3/c1-4-11-25-19-9-6-8-18(13-19)23-21(24)14-22-17-7-5-10-20(12-17)26-15-16(2)3/h4-10,12-13,16,22H,1,11,14-15H2,2-3H3,(H,23,24). The number of carbonyl (C=O) groups is 1. The zero-order valence-electron chi connectivity index (χ0n) is 15.3. The third-order valence-corrected chi connectivity index (χ3v) is 3.36. The first-order chi connectivity index (χ1) is 12.6. The Morgan fingerprint density at radius 2 is 1.73 bits per heavy atom. The SMILES string of the molecule is C=CCOc1cccc(NC(=O)CNc2cccc(OCC(C)C)c2)c1. The first-order valence-corrected chi connectivity index (χ1v) is 8.67. The average Bonchev–Trinajstić information content (AvgIpc) is 2.64. The lowest BCUT2D eigenvalue weighted by Gasteiger charge is -2.12. The van der Waals surface area contributed by atoms with Crippen molar-refractivity contribution in [3.8, 4) is 11.5 Å². The van der Waals surface area contributed by atoms with E-state index in [0.29, 0.717) is 30.6 Å².